The third-order valence-electron chi connectivity index (χ3n) is 12.9. The fourth-order valence-corrected chi connectivity index (χ4v) is 9.46. The number of nitrogens with one attached hydrogen (secondary N) is 2. The first-order chi connectivity index (χ1) is 31.0. The van der Waals surface area contributed by atoms with E-state index in [1.54, 1.807) is 0 Å². The molecule has 0 amide bonds. The first-order valence-electron chi connectivity index (χ1n) is 23.0. The fourth-order valence-electron chi connectivity index (χ4n) is 8.93. The number of fused-ring (bicyclic) bond motifs is 8. The number of rotatable bonds is 4. The zero-order valence-electron chi connectivity index (χ0n) is 40.4. The summed E-state index contributed by atoms with van der Waals surface area (Å²) in [5, 5.41) is 0. The molecule has 5 heterocycles. The van der Waals surface area contributed by atoms with Gasteiger partial charge in [-0.3, -0.25) is 0 Å². The van der Waals surface area contributed by atoms with Gasteiger partial charge in [-0.05, 0) is 139 Å². The van der Waals surface area contributed by atoms with Crippen LogP contribution in [0.4, 0.5) is 0 Å². The highest BCUT2D eigenvalue weighted by Gasteiger charge is 2.26. The molecule has 0 atom stereocenters. The van der Waals surface area contributed by atoms with Crippen molar-refractivity contribution in [2.24, 2.45) is 0 Å². The maximum Gasteiger partial charge on any atom is 0.0737 e. The number of benzene rings is 4. The lowest BCUT2D eigenvalue weighted by atomic mass is 9.78. The van der Waals surface area contributed by atoms with Crippen molar-refractivity contribution in [1.82, 2.24) is 19.9 Å². The smallest absolute Gasteiger partial charge is 0.0737 e. The maximum atomic E-state index is 5.62. The van der Waals surface area contributed by atoms with E-state index in [9.17, 15) is 0 Å². The molecule has 334 valence electrons. The normalized spacial score (nSPS) is 13.2. The minimum Gasteiger partial charge on any atom is -0.354 e. The molecule has 0 fully saturated rings. The Morgan fingerprint density at radius 3 is 0.803 bits per heavy atom. The average Bonchev–Trinajstić information content (AvgIpc) is 4.09. The summed E-state index contributed by atoms with van der Waals surface area (Å²) in [5.41, 5.74) is 20.9. The fraction of sp³-hybridized carbons (Fsp3) is 0.267. The molecule has 4 aromatic carbocycles. The van der Waals surface area contributed by atoms with Crippen LogP contribution in [0.3, 0.4) is 0 Å². The van der Waals surface area contributed by atoms with Crippen LogP contribution in [0.2, 0.25) is 0 Å². The van der Waals surface area contributed by atoms with Gasteiger partial charge in [0.25, 0.3) is 0 Å². The summed E-state index contributed by atoms with van der Waals surface area (Å²) in [6, 6.07) is 40.3. The van der Waals surface area contributed by atoms with Gasteiger partial charge in [-0.15, -0.1) is 0 Å². The lowest BCUT2D eigenvalue weighted by molar-refractivity contribution is 0.568. The highest BCUT2D eigenvalue weighted by Crippen LogP contribution is 2.42. The van der Waals surface area contributed by atoms with E-state index in [-0.39, 0.29) is 21.7 Å². The monoisotopic (exact) mass is 994 g/mol. The van der Waals surface area contributed by atoms with Gasteiger partial charge in [0.05, 0.1) is 22.8 Å². The van der Waals surface area contributed by atoms with E-state index in [0.29, 0.717) is 0 Å². The van der Waals surface area contributed by atoms with E-state index >= 15 is 0 Å². The number of hydrogen-bond acceptors (Lipinski definition) is 2. The largest absolute Gasteiger partial charge is 0.354 e. The van der Waals surface area contributed by atoms with Crippen LogP contribution in [0.5, 0.6) is 0 Å². The predicted molar refractivity (Wildman–Crippen MR) is 291 cm³/mol. The van der Waals surface area contributed by atoms with E-state index in [2.05, 4.69) is 258 Å². The van der Waals surface area contributed by atoms with Crippen LogP contribution in [0.25, 0.3) is 90.9 Å². The predicted octanol–water partition coefficient (Wildman–Crippen LogP) is 18.0. The molecule has 2 aliphatic heterocycles. The molecule has 2 aliphatic rings. The lowest BCUT2D eigenvalue weighted by Gasteiger charge is -2.26. The van der Waals surface area contributed by atoms with Crippen LogP contribution in [-0.2, 0) is 21.7 Å². The summed E-state index contributed by atoms with van der Waals surface area (Å²) in [5.74, 6) is 0. The van der Waals surface area contributed by atoms with Gasteiger partial charge in [0.1, 0.15) is 0 Å². The second-order valence-electron chi connectivity index (χ2n) is 22.1. The summed E-state index contributed by atoms with van der Waals surface area (Å²) in [6.45, 7) is 27.6. The van der Waals surface area contributed by atoms with E-state index in [1.165, 1.54) is 22.3 Å². The van der Waals surface area contributed by atoms with Crippen molar-refractivity contribution in [3.8, 4) is 44.5 Å². The highest BCUT2D eigenvalue weighted by molar-refractivity contribution is 9.10. The standard InChI is InChI=1S/C60H60Br2N4/c1-57(2,3)39-29-37(30-40(33-39)58(4,5)6)55-49-25-21-45(63-49)53(35-13-17-43(61)18-14-35)47-23-27-51(65-47)56(38-31-41(59(7,8)9)34-42(32-38)60(10,11)12)52-28-24-48(66-52)54(46-22-26-50(55)64-46)36-15-19-44(62)20-16-36/h13-34,63,66H,1-12H3. The third-order valence-corrected chi connectivity index (χ3v) is 14.0. The zero-order chi connectivity index (χ0) is 47.1. The van der Waals surface area contributed by atoms with Crippen molar-refractivity contribution in [3.05, 3.63) is 163 Å². The number of halogens is 2. The molecule has 0 radical (unpaired) electrons. The lowest BCUT2D eigenvalue weighted by Crippen LogP contribution is -2.16. The number of hydrogen-bond donors (Lipinski definition) is 2. The minimum absolute atomic E-state index is 0.0732. The van der Waals surface area contributed by atoms with Gasteiger partial charge < -0.3 is 9.97 Å². The van der Waals surface area contributed by atoms with Crippen LogP contribution in [0.15, 0.2) is 118 Å². The van der Waals surface area contributed by atoms with Gasteiger partial charge in [0.15, 0.2) is 0 Å². The Balaban J connectivity index is 1.49. The summed E-state index contributed by atoms with van der Waals surface area (Å²) < 4.78 is 2.05. The van der Waals surface area contributed by atoms with E-state index in [4.69, 9.17) is 9.97 Å². The van der Waals surface area contributed by atoms with Crippen LogP contribution in [0.1, 0.15) is 128 Å². The first-order valence-corrected chi connectivity index (χ1v) is 24.6. The van der Waals surface area contributed by atoms with Crippen molar-refractivity contribution in [2.45, 2.75) is 105 Å². The van der Waals surface area contributed by atoms with Gasteiger partial charge in [-0.2, -0.15) is 0 Å². The topological polar surface area (TPSA) is 57.4 Å². The van der Waals surface area contributed by atoms with Crippen molar-refractivity contribution in [2.75, 3.05) is 0 Å². The van der Waals surface area contributed by atoms with Gasteiger partial charge in [-0.25, -0.2) is 9.97 Å². The van der Waals surface area contributed by atoms with E-state index < -0.39 is 0 Å². The molecule has 0 aliphatic carbocycles. The van der Waals surface area contributed by atoms with E-state index in [1.807, 2.05) is 0 Å². The number of nitrogens with zero attached hydrogens (tertiary/aromatic N) is 2. The Hall–Kier alpha value is -5.56. The van der Waals surface area contributed by atoms with Gasteiger partial charge >= 0.3 is 0 Å². The minimum atomic E-state index is -0.0732. The van der Waals surface area contributed by atoms with Gasteiger partial charge in [0.2, 0.25) is 0 Å². The van der Waals surface area contributed by atoms with Crippen LogP contribution < -0.4 is 0 Å². The highest BCUT2D eigenvalue weighted by atomic mass is 79.9. The molecule has 0 saturated heterocycles. The Kier molecular flexibility index (Phi) is 11.5. The molecular formula is C60H60Br2N4. The quantitative estimate of drug-likeness (QED) is 0.185. The molecule has 8 bridgehead atoms. The van der Waals surface area contributed by atoms with Gasteiger partial charge in [0, 0.05) is 53.3 Å². The second kappa shape index (κ2) is 16.6. The average molecular weight is 997 g/mol. The summed E-state index contributed by atoms with van der Waals surface area (Å²) in [6.07, 6.45) is 8.76. The zero-order valence-corrected chi connectivity index (χ0v) is 43.5. The summed E-state index contributed by atoms with van der Waals surface area (Å²) >= 11 is 7.41. The Bertz CT molecular complexity index is 2990. The van der Waals surface area contributed by atoms with Crippen molar-refractivity contribution >= 4 is 78.2 Å². The third kappa shape index (κ3) is 8.99. The SMILES string of the molecule is CC(C)(C)c1cc(-c2c3nc(c(-c4ccc(Br)cc4)c4ccc([nH]4)c(-c4cc(C(C)(C)C)cc(C(C)(C)C)c4)c4nc(c(-c5ccc(Br)cc5)c5ccc2[nH]5)C=C4)C=C3)cc(C(C)(C)C)c1. The number of aromatic nitrogens is 4. The molecule has 2 N–H and O–H groups in total. The molecule has 7 aromatic rings. The number of aromatic amines is 2. The Morgan fingerprint density at radius 2 is 0.561 bits per heavy atom. The molecule has 6 heteroatoms. The number of H-pyrrole nitrogens is 2. The second-order valence-corrected chi connectivity index (χ2v) is 23.9. The molecular weight excluding hydrogens is 936 g/mol. The van der Waals surface area contributed by atoms with Crippen molar-refractivity contribution in [3.63, 3.8) is 0 Å². The summed E-state index contributed by atoms with van der Waals surface area (Å²) in [4.78, 5) is 19.2. The molecule has 4 nitrogen and oxygen atoms in total. The van der Waals surface area contributed by atoms with Crippen molar-refractivity contribution in [1.29, 1.82) is 0 Å². The summed E-state index contributed by atoms with van der Waals surface area (Å²) in [7, 11) is 0. The maximum absolute atomic E-state index is 5.62. The first kappa shape index (κ1) is 45.6. The Morgan fingerprint density at radius 1 is 0.318 bits per heavy atom. The molecule has 66 heavy (non-hydrogen) atoms. The molecule has 0 unspecified atom stereocenters. The molecule has 9 rings (SSSR count). The van der Waals surface area contributed by atoms with Gasteiger partial charge in [-0.1, -0.05) is 176 Å². The van der Waals surface area contributed by atoms with Crippen LogP contribution in [-0.4, -0.2) is 19.9 Å². The molecule has 3 aromatic heterocycles. The van der Waals surface area contributed by atoms with Crippen molar-refractivity contribution < 1.29 is 0 Å². The Labute approximate surface area is 408 Å². The van der Waals surface area contributed by atoms with Crippen LogP contribution >= 0.6 is 31.9 Å². The molecule has 0 saturated carbocycles. The van der Waals surface area contributed by atoms with E-state index in [0.717, 1.165) is 98.3 Å². The van der Waals surface area contributed by atoms with Crippen LogP contribution in [0, 0.1) is 0 Å². The molecule has 0 spiro atoms.